The fraction of sp³-hybridized carbons (Fsp3) is 0.611. The summed E-state index contributed by atoms with van der Waals surface area (Å²) < 4.78 is 41.8. The van der Waals surface area contributed by atoms with Gasteiger partial charge in [-0.25, -0.2) is 12.8 Å². The molecule has 1 aliphatic heterocycles. The Hall–Kier alpha value is -1.53. The van der Waals surface area contributed by atoms with Crippen LogP contribution in [-0.2, 0) is 10.0 Å². The largest absolute Gasteiger partial charge is 0.308 e. The highest BCUT2D eigenvalue weighted by Gasteiger charge is 2.33. The second-order valence-electron chi connectivity index (χ2n) is 6.82. The fourth-order valence-corrected chi connectivity index (χ4v) is 4.96. The van der Waals surface area contributed by atoms with Gasteiger partial charge in [-0.2, -0.15) is 9.57 Å². The molecule has 0 N–H and O–H groups in total. The van der Waals surface area contributed by atoms with Crippen molar-refractivity contribution in [3.05, 3.63) is 29.6 Å². The number of nitriles is 1. The molecule has 0 amide bonds. The minimum Gasteiger partial charge on any atom is -0.308 e. The highest BCUT2D eigenvalue weighted by molar-refractivity contribution is 7.89. The quantitative estimate of drug-likeness (QED) is 0.685. The van der Waals surface area contributed by atoms with E-state index in [1.165, 1.54) is 16.4 Å². The normalized spacial score (nSPS) is 18.6. The van der Waals surface area contributed by atoms with Gasteiger partial charge in [0.1, 0.15) is 22.3 Å². The van der Waals surface area contributed by atoms with E-state index in [1.54, 1.807) is 6.07 Å². The molecule has 0 bridgehead atoms. The van der Waals surface area contributed by atoms with Crippen LogP contribution in [0.2, 0.25) is 0 Å². The predicted molar refractivity (Wildman–Crippen MR) is 98.7 cm³/mol. The van der Waals surface area contributed by atoms with Crippen LogP contribution in [0.4, 0.5) is 4.39 Å². The Balaban J connectivity index is 2.37. The summed E-state index contributed by atoms with van der Waals surface area (Å²) in [6, 6.07) is 5.61. The summed E-state index contributed by atoms with van der Waals surface area (Å²) in [6.07, 6.45) is 1.99. The van der Waals surface area contributed by atoms with Crippen LogP contribution < -0.4 is 0 Å². The SMILES string of the molecule is CCN1CCCC1CN(CCN(C)C)S(=O)(=O)c1cccc(F)c1C#N. The molecule has 8 heteroatoms. The molecule has 1 heterocycles. The maximum Gasteiger partial charge on any atom is 0.244 e. The van der Waals surface area contributed by atoms with Gasteiger partial charge in [0, 0.05) is 25.7 Å². The number of benzene rings is 1. The average molecular weight is 383 g/mol. The van der Waals surface area contributed by atoms with Crippen molar-refractivity contribution in [3.63, 3.8) is 0 Å². The molecule has 0 aromatic heterocycles. The van der Waals surface area contributed by atoms with Crippen molar-refractivity contribution in [2.75, 3.05) is 46.8 Å². The first-order chi connectivity index (χ1) is 12.3. The summed E-state index contributed by atoms with van der Waals surface area (Å²) in [6.45, 7) is 5.10. The average Bonchev–Trinajstić information content (AvgIpc) is 3.05. The van der Waals surface area contributed by atoms with E-state index in [4.69, 9.17) is 0 Å². The minimum atomic E-state index is -3.96. The lowest BCUT2D eigenvalue weighted by atomic mass is 10.2. The number of hydrogen-bond donors (Lipinski definition) is 0. The second-order valence-corrected chi connectivity index (χ2v) is 8.72. The van der Waals surface area contributed by atoms with E-state index in [2.05, 4.69) is 11.8 Å². The molecule has 6 nitrogen and oxygen atoms in total. The van der Waals surface area contributed by atoms with Gasteiger partial charge in [-0.05, 0) is 52.2 Å². The van der Waals surface area contributed by atoms with E-state index in [0.717, 1.165) is 32.0 Å². The van der Waals surface area contributed by atoms with E-state index in [0.29, 0.717) is 19.6 Å². The zero-order chi connectivity index (χ0) is 19.3. The minimum absolute atomic E-state index is 0.149. The first kappa shape index (κ1) is 20.8. The molecule has 2 rings (SSSR count). The van der Waals surface area contributed by atoms with Crippen LogP contribution in [0, 0.1) is 17.1 Å². The molecule has 1 unspecified atom stereocenters. The Morgan fingerprint density at radius 1 is 1.35 bits per heavy atom. The number of sulfonamides is 1. The van der Waals surface area contributed by atoms with E-state index in [9.17, 15) is 18.1 Å². The number of likely N-dealkylation sites (tertiary alicyclic amines) is 1. The zero-order valence-corrected chi connectivity index (χ0v) is 16.5. The van der Waals surface area contributed by atoms with Crippen molar-refractivity contribution in [1.29, 1.82) is 5.26 Å². The fourth-order valence-electron chi connectivity index (χ4n) is 3.34. The Kier molecular flexibility index (Phi) is 7.12. The Morgan fingerprint density at radius 3 is 2.69 bits per heavy atom. The third kappa shape index (κ3) is 4.60. The first-order valence-electron chi connectivity index (χ1n) is 8.88. The van der Waals surface area contributed by atoms with Crippen molar-refractivity contribution in [2.45, 2.75) is 30.7 Å². The zero-order valence-electron chi connectivity index (χ0n) is 15.7. The molecular formula is C18H27FN4O2S. The first-order valence-corrected chi connectivity index (χ1v) is 10.3. The van der Waals surface area contributed by atoms with Gasteiger partial charge in [0.15, 0.2) is 0 Å². The maximum absolute atomic E-state index is 14.0. The maximum atomic E-state index is 14.0. The van der Waals surface area contributed by atoms with Crippen LogP contribution in [0.5, 0.6) is 0 Å². The van der Waals surface area contributed by atoms with Gasteiger partial charge in [0.25, 0.3) is 0 Å². The van der Waals surface area contributed by atoms with Crippen molar-refractivity contribution in [3.8, 4) is 6.07 Å². The summed E-state index contributed by atoms with van der Waals surface area (Å²) in [5.74, 6) is -0.808. The van der Waals surface area contributed by atoms with E-state index < -0.39 is 21.4 Å². The molecule has 0 spiro atoms. The molecule has 1 saturated heterocycles. The molecule has 144 valence electrons. The molecule has 1 atom stereocenters. The molecule has 1 aromatic carbocycles. The van der Waals surface area contributed by atoms with Gasteiger partial charge in [-0.3, -0.25) is 4.90 Å². The highest BCUT2D eigenvalue weighted by atomic mass is 32.2. The van der Waals surface area contributed by atoms with Gasteiger partial charge >= 0.3 is 0 Å². The number of likely N-dealkylation sites (N-methyl/N-ethyl adjacent to an activating group) is 2. The van der Waals surface area contributed by atoms with Gasteiger partial charge in [0.2, 0.25) is 10.0 Å². The summed E-state index contributed by atoms with van der Waals surface area (Å²) in [4.78, 5) is 3.93. The molecule has 1 aromatic rings. The van der Waals surface area contributed by atoms with E-state index >= 15 is 0 Å². The molecule has 0 aliphatic carbocycles. The lowest BCUT2D eigenvalue weighted by molar-refractivity contribution is 0.220. The summed E-state index contributed by atoms with van der Waals surface area (Å²) in [5, 5.41) is 9.24. The van der Waals surface area contributed by atoms with Crippen LogP contribution in [0.1, 0.15) is 25.3 Å². The number of nitrogens with zero attached hydrogens (tertiary/aromatic N) is 4. The second kappa shape index (κ2) is 8.91. The van der Waals surface area contributed by atoms with Crippen LogP contribution in [-0.4, -0.2) is 75.4 Å². The Bertz CT molecular complexity index is 761. The van der Waals surface area contributed by atoms with E-state index in [-0.39, 0.29) is 10.9 Å². The van der Waals surface area contributed by atoms with E-state index in [1.807, 2.05) is 19.0 Å². The van der Waals surface area contributed by atoms with Gasteiger partial charge in [0.05, 0.1) is 0 Å². The standard InChI is InChI=1S/C18H27FN4O2S/c1-4-22-10-6-7-15(22)14-23(12-11-21(2)3)26(24,25)18-9-5-8-17(19)16(18)13-20/h5,8-9,15H,4,6-7,10-12,14H2,1-3H3. The number of hydrogen-bond acceptors (Lipinski definition) is 5. The van der Waals surface area contributed by atoms with Crippen molar-refractivity contribution in [2.24, 2.45) is 0 Å². The third-order valence-electron chi connectivity index (χ3n) is 4.82. The smallest absolute Gasteiger partial charge is 0.244 e. The number of rotatable bonds is 8. The van der Waals surface area contributed by atoms with Crippen LogP contribution >= 0.6 is 0 Å². The topological polar surface area (TPSA) is 67.7 Å². The molecule has 26 heavy (non-hydrogen) atoms. The van der Waals surface area contributed by atoms with Crippen LogP contribution in [0.25, 0.3) is 0 Å². The molecular weight excluding hydrogens is 355 g/mol. The molecule has 1 aliphatic rings. The van der Waals surface area contributed by atoms with Crippen LogP contribution in [0.15, 0.2) is 23.1 Å². The Morgan fingerprint density at radius 2 is 2.08 bits per heavy atom. The molecule has 1 fully saturated rings. The lowest BCUT2D eigenvalue weighted by Gasteiger charge is -2.30. The summed E-state index contributed by atoms with van der Waals surface area (Å²) in [7, 11) is -0.210. The van der Waals surface area contributed by atoms with Gasteiger partial charge in [-0.15, -0.1) is 0 Å². The van der Waals surface area contributed by atoms with Gasteiger partial charge < -0.3 is 4.90 Å². The number of halogens is 1. The van der Waals surface area contributed by atoms with Gasteiger partial charge in [-0.1, -0.05) is 13.0 Å². The van der Waals surface area contributed by atoms with Crippen molar-refractivity contribution in [1.82, 2.24) is 14.1 Å². The Labute approximate surface area is 155 Å². The highest BCUT2D eigenvalue weighted by Crippen LogP contribution is 2.25. The molecule has 0 radical (unpaired) electrons. The summed E-state index contributed by atoms with van der Waals surface area (Å²) >= 11 is 0. The lowest BCUT2D eigenvalue weighted by Crippen LogP contribution is -2.45. The van der Waals surface area contributed by atoms with Crippen molar-refractivity contribution < 1.29 is 12.8 Å². The molecule has 0 saturated carbocycles. The monoisotopic (exact) mass is 382 g/mol. The summed E-state index contributed by atoms with van der Waals surface area (Å²) in [5.41, 5.74) is -0.416. The third-order valence-corrected chi connectivity index (χ3v) is 6.73. The van der Waals surface area contributed by atoms with Crippen molar-refractivity contribution >= 4 is 10.0 Å². The predicted octanol–water partition coefficient (Wildman–Crippen LogP) is 1.73. The van der Waals surface area contributed by atoms with Crippen LogP contribution in [0.3, 0.4) is 0 Å².